The summed E-state index contributed by atoms with van der Waals surface area (Å²) in [6.45, 7) is 8.27. The summed E-state index contributed by atoms with van der Waals surface area (Å²) in [5.41, 5.74) is 1.05. The van der Waals surface area contributed by atoms with Gasteiger partial charge in [0.05, 0.1) is 6.54 Å². The molecule has 0 radical (unpaired) electrons. The van der Waals surface area contributed by atoms with Crippen LogP contribution < -0.4 is 10.6 Å². The highest BCUT2D eigenvalue weighted by Gasteiger charge is 2.16. The number of carbonyl (C=O) groups is 2. The van der Waals surface area contributed by atoms with Gasteiger partial charge in [0, 0.05) is 16.8 Å². The van der Waals surface area contributed by atoms with Crippen LogP contribution in [0, 0.1) is 0 Å². The molecule has 1 fully saturated rings. The van der Waals surface area contributed by atoms with Crippen LogP contribution in [0.1, 0.15) is 50.4 Å². The Morgan fingerprint density at radius 3 is 2.22 bits per heavy atom. The minimum absolute atomic E-state index is 0.00112. The van der Waals surface area contributed by atoms with Crippen LogP contribution in [0.2, 0.25) is 0 Å². The largest absolute Gasteiger partial charge is 0.347 e. The number of carbonyl (C=O) groups excluding carboxylic acids is 2. The number of anilines is 1. The van der Waals surface area contributed by atoms with Gasteiger partial charge in [-0.25, -0.2) is 0 Å². The number of hydrogen-bond acceptors (Lipinski definition) is 3. The Bertz CT molecular complexity index is 540. The summed E-state index contributed by atoms with van der Waals surface area (Å²) in [4.78, 5) is 26.3. The average Bonchev–Trinajstić information content (AvgIpc) is 2.47. The van der Waals surface area contributed by atoms with Gasteiger partial charge in [-0.2, -0.15) is 0 Å². The van der Waals surface area contributed by atoms with Crippen LogP contribution in [0.3, 0.4) is 0 Å². The lowest BCUT2D eigenvalue weighted by Crippen LogP contribution is -2.40. The molecule has 5 heteroatoms. The number of amides is 2. The van der Waals surface area contributed by atoms with Crippen molar-refractivity contribution < 1.29 is 9.59 Å². The minimum atomic E-state index is -0.265. The van der Waals surface area contributed by atoms with Gasteiger partial charge >= 0.3 is 0 Å². The van der Waals surface area contributed by atoms with Gasteiger partial charge in [-0.15, -0.1) is 0 Å². The van der Waals surface area contributed by atoms with Crippen molar-refractivity contribution in [3.8, 4) is 0 Å². The molecule has 1 aromatic carbocycles. The van der Waals surface area contributed by atoms with E-state index in [0.29, 0.717) is 12.1 Å². The molecular formula is C18H27N3O2. The predicted molar refractivity (Wildman–Crippen MR) is 92.6 cm³/mol. The van der Waals surface area contributed by atoms with Crippen LogP contribution >= 0.6 is 0 Å². The van der Waals surface area contributed by atoms with Gasteiger partial charge in [0.1, 0.15) is 0 Å². The Kier molecular flexibility index (Phi) is 5.77. The molecule has 5 nitrogen and oxygen atoms in total. The van der Waals surface area contributed by atoms with Gasteiger partial charge in [0.15, 0.2) is 0 Å². The van der Waals surface area contributed by atoms with Crippen LogP contribution in [0.4, 0.5) is 5.69 Å². The molecule has 0 bridgehead atoms. The highest BCUT2D eigenvalue weighted by atomic mass is 16.2. The first-order chi connectivity index (χ1) is 10.8. The summed E-state index contributed by atoms with van der Waals surface area (Å²) in [5, 5.41) is 5.81. The standard InChI is InChI=1S/C18H27N3O2/c1-18(2,3)20-17(23)14-7-9-15(10-8-14)19-16(22)13-21-11-5-4-6-12-21/h7-10H,4-6,11-13H2,1-3H3,(H,19,22)(H,20,23). The summed E-state index contributed by atoms with van der Waals surface area (Å²) in [6, 6.07) is 7.01. The van der Waals surface area contributed by atoms with Crippen LogP contribution in [-0.2, 0) is 4.79 Å². The molecular weight excluding hydrogens is 290 g/mol. The molecule has 0 spiro atoms. The van der Waals surface area contributed by atoms with Crippen molar-refractivity contribution in [3.05, 3.63) is 29.8 Å². The van der Waals surface area contributed by atoms with Crippen LogP contribution in [0.25, 0.3) is 0 Å². The Hall–Kier alpha value is -1.88. The van der Waals surface area contributed by atoms with E-state index in [1.807, 2.05) is 20.8 Å². The van der Waals surface area contributed by atoms with Crippen LogP contribution in [0.15, 0.2) is 24.3 Å². The SMILES string of the molecule is CC(C)(C)NC(=O)c1ccc(NC(=O)CN2CCCCC2)cc1. The summed E-state index contributed by atoms with van der Waals surface area (Å²) in [6.07, 6.45) is 3.60. The second-order valence-corrected chi connectivity index (χ2v) is 7.17. The fourth-order valence-electron chi connectivity index (χ4n) is 2.64. The van der Waals surface area contributed by atoms with Crippen molar-refractivity contribution in [2.45, 2.75) is 45.6 Å². The summed E-state index contributed by atoms with van der Waals surface area (Å²) in [7, 11) is 0. The molecule has 2 N–H and O–H groups in total. The van der Waals surface area contributed by atoms with E-state index in [1.54, 1.807) is 24.3 Å². The molecule has 0 saturated carbocycles. The van der Waals surface area contributed by atoms with E-state index in [9.17, 15) is 9.59 Å². The van der Waals surface area contributed by atoms with Crippen molar-refractivity contribution in [2.75, 3.05) is 25.0 Å². The first-order valence-corrected chi connectivity index (χ1v) is 8.28. The minimum Gasteiger partial charge on any atom is -0.347 e. The fourth-order valence-corrected chi connectivity index (χ4v) is 2.64. The molecule has 0 unspecified atom stereocenters. The van der Waals surface area contributed by atoms with Crippen LogP contribution in [-0.4, -0.2) is 41.9 Å². The number of nitrogens with zero attached hydrogens (tertiary/aromatic N) is 1. The molecule has 1 aliphatic rings. The van der Waals surface area contributed by atoms with Gasteiger partial charge in [-0.1, -0.05) is 6.42 Å². The molecule has 2 amide bonds. The maximum Gasteiger partial charge on any atom is 0.251 e. The number of nitrogens with one attached hydrogen (secondary N) is 2. The van der Waals surface area contributed by atoms with E-state index in [-0.39, 0.29) is 17.4 Å². The molecule has 1 aliphatic heterocycles. The van der Waals surface area contributed by atoms with Crippen molar-refractivity contribution in [3.63, 3.8) is 0 Å². The van der Waals surface area contributed by atoms with Crippen molar-refractivity contribution in [2.24, 2.45) is 0 Å². The highest BCUT2D eigenvalue weighted by Crippen LogP contribution is 2.12. The van der Waals surface area contributed by atoms with Gasteiger partial charge in [-0.3, -0.25) is 14.5 Å². The van der Waals surface area contributed by atoms with Crippen molar-refractivity contribution in [1.29, 1.82) is 0 Å². The summed E-state index contributed by atoms with van der Waals surface area (Å²) >= 11 is 0. The lowest BCUT2D eigenvalue weighted by atomic mass is 10.1. The van der Waals surface area contributed by atoms with Crippen molar-refractivity contribution >= 4 is 17.5 Å². The van der Waals surface area contributed by atoms with Gasteiger partial charge in [-0.05, 0) is 71.0 Å². The molecule has 0 atom stereocenters. The molecule has 1 heterocycles. The summed E-state index contributed by atoms with van der Waals surface area (Å²) < 4.78 is 0. The predicted octanol–water partition coefficient (Wildman–Crippen LogP) is 2.64. The highest BCUT2D eigenvalue weighted by molar-refractivity contribution is 5.96. The quantitative estimate of drug-likeness (QED) is 0.897. The molecule has 126 valence electrons. The molecule has 0 aromatic heterocycles. The lowest BCUT2D eigenvalue weighted by molar-refractivity contribution is -0.117. The Morgan fingerprint density at radius 2 is 1.65 bits per heavy atom. The maximum atomic E-state index is 12.1. The van der Waals surface area contributed by atoms with Crippen molar-refractivity contribution in [1.82, 2.24) is 10.2 Å². The normalized spacial score (nSPS) is 16.0. The monoisotopic (exact) mass is 317 g/mol. The Balaban J connectivity index is 1.86. The maximum absolute atomic E-state index is 12.1. The number of hydrogen-bond donors (Lipinski definition) is 2. The third-order valence-corrected chi connectivity index (χ3v) is 3.74. The second kappa shape index (κ2) is 7.59. The average molecular weight is 317 g/mol. The zero-order valence-corrected chi connectivity index (χ0v) is 14.3. The molecule has 1 saturated heterocycles. The zero-order chi connectivity index (χ0) is 16.9. The zero-order valence-electron chi connectivity index (χ0n) is 14.3. The Morgan fingerprint density at radius 1 is 1.04 bits per heavy atom. The van der Waals surface area contributed by atoms with E-state index < -0.39 is 0 Å². The number of benzene rings is 1. The molecule has 1 aromatic rings. The first-order valence-electron chi connectivity index (χ1n) is 8.28. The smallest absolute Gasteiger partial charge is 0.251 e. The van der Waals surface area contributed by atoms with E-state index >= 15 is 0 Å². The number of rotatable bonds is 4. The van der Waals surface area contributed by atoms with E-state index in [4.69, 9.17) is 0 Å². The van der Waals surface area contributed by atoms with Gasteiger partial charge in [0.2, 0.25) is 5.91 Å². The van der Waals surface area contributed by atoms with Gasteiger partial charge < -0.3 is 10.6 Å². The number of piperidine rings is 1. The molecule has 2 rings (SSSR count). The third-order valence-electron chi connectivity index (χ3n) is 3.74. The topological polar surface area (TPSA) is 61.4 Å². The van der Waals surface area contributed by atoms with E-state index in [1.165, 1.54) is 19.3 Å². The van der Waals surface area contributed by atoms with E-state index in [2.05, 4.69) is 15.5 Å². The summed E-state index contributed by atoms with van der Waals surface area (Å²) in [5.74, 6) is -0.109. The molecule has 23 heavy (non-hydrogen) atoms. The van der Waals surface area contributed by atoms with Gasteiger partial charge in [0.25, 0.3) is 5.91 Å². The third kappa shape index (κ3) is 6.02. The Labute approximate surface area is 138 Å². The van der Waals surface area contributed by atoms with E-state index in [0.717, 1.165) is 18.8 Å². The lowest BCUT2D eigenvalue weighted by Gasteiger charge is -2.25. The number of likely N-dealkylation sites (tertiary alicyclic amines) is 1. The second-order valence-electron chi connectivity index (χ2n) is 7.17. The van der Waals surface area contributed by atoms with Crippen LogP contribution in [0.5, 0.6) is 0 Å². The molecule has 0 aliphatic carbocycles. The fraction of sp³-hybridized carbons (Fsp3) is 0.556. The first kappa shape index (κ1) is 17.5.